The van der Waals surface area contributed by atoms with Crippen LogP contribution in [0.1, 0.15) is 0 Å². The van der Waals surface area contributed by atoms with Crippen LogP contribution in [0.4, 0.5) is 0 Å². The molecule has 3 heteroatoms. The molecule has 0 radical (unpaired) electrons. The van der Waals surface area contributed by atoms with Crippen LogP contribution in [-0.4, -0.2) is 17.4 Å². The van der Waals surface area contributed by atoms with Gasteiger partial charge in [-0.15, -0.1) is 0 Å². The number of rotatable bonds is 0. The monoisotopic (exact) mass is 125 g/mol. The summed E-state index contributed by atoms with van der Waals surface area (Å²) < 4.78 is 0. The number of hydrogen-bond acceptors (Lipinski definition) is 3. The van der Waals surface area contributed by atoms with Crippen molar-refractivity contribution in [3.8, 4) is 0 Å². The second kappa shape index (κ2) is 2.35. The van der Waals surface area contributed by atoms with Crippen molar-refractivity contribution in [1.82, 2.24) is 5.32 Å². The molecule has 1 rings (SSSR count). The molecule has 0 aliphatic carbocycles. The quantitative estimate of drug-likeness (QED) is 0.357. The summed E-state index contributed by atoms with van der Waals surface area (Å²) in [7, 11) is 0. The molecule has 0 aromatic heterocycles. The third-order valence-corrected chi connectivity index (χ3v) is 1.07. The molecule has 0 aromatic rings. The molecule has 2 N–H and O–H groups in total. The Bertz CT molecular complexity index is 181. The Morgan fingerprint density at radius 1 is 1.78 bits per heavy atom. The lowest BCUT2D eigenvalue weighted by atomic mass is 10.2. The minimum Gasteiger partial charge on any atom is -0.513 e. The highest BCUT2D eigenvalue weighted by Gasteiger charge is 2.07. The molecule has 48 valence electrons. The van der Waals surface area contributed by atoms with Crippen molar-refractivity contribution in [3.63, 3.8) is 0 Å². The number of aliphatic hydroxyl groups excluding tert-OH is 1. The Hall–Kier alpha value is -1.25. The summed E-state index contributed by atoms with van der Waals surface area (Å²) in [5.41, 5.74) is 0.262. The normalized spacial score (nSPS) is 22.2. The van der Waals surface area contributed by atoms with Crippen LogP contribution >= 0.6 is 0 Å². The summed E-state index contributed by atoms with van der Waals surface area (Å²) in [4.78, 5) is 10.6. The highest BCUT2D eigenvalue weighted by atomic mass is 16.2. The number of hydrogen-bond donors (Lipinski definition) is 2. The van der Waals surface area contributed by atoms with Crippen LogP contribution in [0.3, 0.4) is 0 Å². The van der Waals surface area contributed by atoms with Gasteiger partial charge in [-0.1, -0.05) is 6.08 Å². The maximum absolute atomic E-state index is 10.6. The van der Waals surface area contributed by atoms with Crippen molar-refractivity contribution in [3.05, 3.63) is 24.1 Å². The fourth-order valence-corrected chi connectivity index (χ4v) is 0.621. The first-order valence-electron chi connectivity index (χ1n) is 2.63. The van der Waals surface area contributed by atoms with Gasteiger partial charge in [-0.2, -0.15) is 0 Å². The highest BCUT2D eigenvalue weighted by molar-refractivity contribution is 6.04. The zero-order valence-corrected chi connectivity index (χ0v) is 4.79. The van der Waals surface area contributed by atoms with Gasteiger partial charge in [-0.25, -0.2) is 0 Å². The fourth-order valence-electron chi connectivity index (χ4n) is 0.621. The summed E-state index contributed by atoms with van der Waals surface area (Å²) in [6.45, 7) is 0.609. The van der Waals surface area contributed by atoms with Gasteiger partial charge >= 0.3 is 0 Å². The summed E-state index contributed by atoms with van der Waals surface area (Å²) in [5.74, 6) is -0.177. The first-order chi connectivity index (χ1) is 4.34. The Morgan fingerprint density at radius 3 is 3.00 bits per heavy atom. The van der Waals surface area contributed by atoms with Crippen LogP contribution in [0.2, 0.25) is 0 Å². The summed E-state index contributed by atoms with van der Waals surface area (Å²) in [6.07, 6.45) is 3.92. The molecule has 0 amide bonds. The molecule has 0 aromatic carbocycles. The number of aliphatic hydroxyl groups is 1. The minimum atomic E-state index is -0.177. The van der Waals surface area contributed by atoms with Crippen LogP contribution < -0.4 is 5.32 Å². The van der Waals surface area contributed by atoms with Crippen molar-refractivity contribution in [2.24, 2.45) is 0 Å². The smallest absolute Gasteiger partial charge is 0.204 e. The van der Waals surface area contributed by atoms with Crippen LogP contribution in [0.5, 0.6) is 0 Å². The van der Waals surface area contributed by atoms with E-state index in [1.807, 2.05) is 0 Å². The van der Waals surface area contributed by atoms with Crippen LogP contribution in [-0.2, 0) is 4.79 Å². The standard InChI is InChI=1S/C6H7NO2/c8-4-5-6(9)2-1-3-7-5/h1-2,4,7-8H,3H2. The molecular weight excluding hydrogens is 118 g/mol. The van der Waals surface area contributed by atoms with E-state index in [4.69, 9.17) is 5.11 Å². The molecule has 1 aliphatic heterocycles. The Kier molecular flexibility index (Phi) is 1.53. The van der Waals surface area contributed by atoms with Gasteiger partial charge in [-0.3, -0.25) is 4.79 Å². The third-order valence-electron chi connectivity index (χ3n) is 1.07. The van der Waals surface area contributed by atoms with Crippen molar-refractivity contribution in [2.45, 2.75) is 0 Å². The molecule has 0 bridgehead atoms. The molecule has 0 saturated heterocycles. The topological polar surface area (TPSA) is 49.3 Å². The van der Waals surface area contributed by atoms with E-state index in [0.717, 1.165) is 6.26 Å². The van der Waals surface area contributed by atoms with E-state index in [1.54, 1.807) is 6.08 Å². The van der Waals surface area contributed by atoms with E-state index >= 15 is 0 Å². The highest BCUT2D eigenvalue weighted by Crippen LogP contribution is 1.96. The summed E-state index contributed by atoms with van der Waals surface area (Å²) in [5, 5.41) is 11.1. The zero-order valence-electron chi connectivity index (χ0n) is 4.79. The van der Waals surface area contributed by atoms with Crippen LogP contribution in [0.25, 0.3) is 0 Å². The molecule has 0 spiro atoms. The average molecular weight is 125 g/mol. The van der Waals surface area contributed by atoms with E-state index < -0.39 is 0 Å². The van der Waals surface area contributed by atoms with Crippen LogP contribution in [0.15, 0.2) is 24.1 Å². The predicted octanol–water partition coefficient (Wildman–Crippen LogP) is 0.114. The molecule has 0 saturated carbocycles. The first-order valence-corrected chi connectivity index (χ1v) is 2.63. The second-order valence-electron chi connectivity index (χ2n) is 1.69. The van der Waals surface area contributed by atoms with E-state index in [9.17, 15) is 4.79 Å². The van der Waals surface area contributed by atoms with Gasteiger partial charge in [0.2, 0.25) is 5.78 Å². The molecule has 9 heavy (non-hydrogen) atoms. The number of ketones is 1. The van der Waals surface area contributed by atoms with Crippen molar-refractivity contribution in [1.29, 1.82) is 0 Å². The maximum Gasteiger partial charge on any atom is 0.204 e. The van der Waals surface area contributed by atoms with Crippen LogP contribution in [0, 0.1) is 0 Å². The Labute approximate surface area is 52.7 Å². The maximum atomic E-state index is 10.6. The second-order valence-corrected chi connectivity index (χ2v) is 1.69. The lowest BCUT2D eigenvalue weighted by Crippen LogP contribution is -2.23. The minimum absolute atomic E-state index is 0.177. The van der Waals surface area contributed by atoms with Crippen molar-refractivity contribution < 1.29 is 9.90 Å². The van der Waals surface area contributed by atoms with Crippen molar-refractivity contribution in [2.75, 3.05) is 6.54 Å². The molecule has 3 nitrogen and oxygen atoms in total. The number of nitrogens with one attached hydrogen (secondary N) is 1. The van der Waals surface area contributed by atoms with Gasteiger partial charge < -0.3 is 10.4 Å². The SMILES string of the molecule is O=C1C=CCNC1=CO. The predicted molar refractivity (Wildman–Crippen MR) is 32.9 cm³/mol. The van der Waals surface area contributed by atoms with Gasteiger partial charge in [-0.05, 0) is 6.08 Å². The number of allylic oxidation sites excluding steroid dienone is 1. The van der Waals surface area contributed by atoms with Crippen molar-refractivity contribution >= 4 is 5.78 Å². The fraction of sp³-hybridized carbons (Fsp3) is 0.167. The number of carbonyl (C=O) groups excluding carboxylic acids is 1. The van der Waals surface area contributed by atoms with E-state index in [1.165, 1.54) is 6.08 Å². The van der Waals surface area contributed by atoms with Gasteiger partial charge in [0.15, 0.2) is 0 Å². The summed E-state index contributed by atoms with van der Waals surface area (Å²) >= 11 is 0. The van der Waals surface area contributed by atoms with Gasteiger partial charge in [0.1, 0.15) is 12.0 Å². The van der Waals surface area contributed by atoms with E-state index in [-0.39, 0.29) is 11.5 Å². The van der Waals surface area contributed by atoms with Gasteiger partial charge in [0.05, 0.1) is 0 Å². The van der Waals surface area contributed by atoms with Gasteiger partial charge in [0, 0.05) is 6.54 Å². The van der Waals surface area contributed by atoms with E-state index in [2.05, 4.69) is 5.32 Å². The number of carbonyl (C=O) groups is 1. The largest absolute Gasteiger partial charge is 0.513 e. The Morgan fingerprint density at radius 2 is 2.56 bits per heavy atom. The zero-order chi connectivity index (χ0) is 6.69. The lowest BCUT2D eigenvalue weighted by Gasteiger charge is -2.07. The molecule has 1 heterocycles. The van der Waals surface area contributed by atoms with E-state index in [0.29, 0.717) is 6.54 Å². The molecule has 0 unspecified atom stereocenters. The molecule has 0 atom stereocenters. The van der Waals surface area contributed by atoms with Gasteiger partial charge in [0.25, 0.3) is 0 Å². The molecule has 1 aliphatic rings. The Balaban J connectivity index is 2.78. The average Bonchev–Trinajstić information content (AvgIpc) is 1.89. The first kappa shape index (κ1) is 5.88. The third kappa shape index (κ3) is 1.10. The molecular formula is C6H7NO2. The lowest BCUT2D eigenvalue weighted by molar-refractivity contribution is -0.112. The summed E-state index contributed by atoms with van der Waals surface area (Å²) in [6, 6.07) is 0. The molecule has 0 fully saturated rings.